The third kappa shape index (κ3) is 3.83. The highest BCUT2D eigenvalue weighted by molar-refractivity contribution is 6.08. The monoisotopic (exact) mass is 416 g/mol. The Balaban J connectivity index is 1.50. The van der Waals surface area contributed by atoms with Crippen molar-refractivity contribution in [2.24, 2.45) is 0 Å². The molecule has 160 valence electrons. The van der Waals surface area contributed by atoms with Crippen molar-refractivity contribution in [3.63, 3.8) is 0 Å². The molecule has 1 aromatic carbocycles. The van der Waals surface area contributed by atoms with Crippen LogP contribution in [-0.2, 0) is 4.79 Å². The van der Waals surface area contributed by atoms with Gasteiger partial charge in [-0.25, -0.2) is 0 Å². The molecule has 0 spiro atoms. The van der Waals surface area contributed by atoms with Crippen molar-refractivity contribution in [2.75, 3.05) is 42.5 Å². The summed E-state index contributed by atoms with van der Waals surface area (Å²) in [5.74, 6) is 0.128. The molecule has 2 amide bonds. The lowest BCUT2D eigenvalue weighted by Gasteiger charge is -2.39. The maximum atomic E-state index is 13.4. The van der Waals surface area contributed by atoms with Crippen LogP contribution in [0.5, 0.6) is 0 Å². The molecule has 1 fully saturated rings. The smallest absolute Gasteiger partial charge is 0.253 e. The van der Waals surface area contributed by atoms with E-state index in [4.69, 9.17) is 0 Å². The summed E-state index contributed by atoms with van der Waals surface area (Å²) in [7, 11) is 0. The summed E-state index contributed by atoms with van der Waals surface area (Å²) in [5, 5.41) is 3.34. The lowest BCUT2D eigenvalue weighted by molar-refractivity contribution is -0.119. The lowest BCUT2D eigenvalue weighted by atomic mass is 10.0. The number of anilines is 2. The van der Waals surface area contributed by atoms with Crippen LogP contribution in [0.1, 0.15) is 29.6 Å². The van der Waals surface area contributed by atoms with Gasteiger partial charge in [0.05, 0.1) is 17.9 Å². The third-order valence-electron chi connectivity index (χ3n) is 6.35. The summed E-state index contributed by atoms with van der Waals surface area (Å²) in [5.41, 5.74) is 3.56. The Morgan fingerprint density at radius 2 is 2.03 bits per heavy atom. The molecule has 6 heteroatoms. The van der Waals surface area contributed by atoms with Gasteiger partial charge in [-0.05, 0) is 49.6 Å². The number of hydrogen-bond acceptors (Lipinski definition) is 4. The van der Waals surface area contributed by atoms with Crippen molar-refractivity contribution in [3.8, 4) is 0 Å². The average molecular weight is 417 g/mol. The first-order chi connectivity index (χ1) is 15.2. The molecule has 0 radical (unpaired) electrons. The number of carbonyl (C=O) groups is 2. The van der Waals surface area contributed by atoms with E-state index in [2.05, 4.69) is 28.4 Å². The third-order valence-corrected chi connectivity index (χ3v) is 6.35. The van der Waals surface area contributed by atoms with Gasteiger partial charge < -0.3 is 20.0 Å². The molecular formula is C25H28N4O2. The number of allylic oxidation sites excluding steroid dienone is 4. The zero-order chi connectivity index (χ0) is 21.2. The first-order valence-corrected chi connectivity index (χ1v) is 11.1. The van der Waals surface area contributed by atoms with Crippen molar-refractivity contribution in [1.29, 1.82) is 0 Å². The number of carbonyl (C=O) groups excluding carboxylic acids is 2. The molecule has 1 unspecified atom stereocenters. The van der Waals surface area contributed by atoms with E-state index in [0.717, 1.165) is 49.4 Å². The topological polar surface area (TPSA) is 55.9 Å². The van der Waals surface area contributed by atoms with Crippen LogP contribution in [0, 0.1) is 0 Å². The molecule has 0 saturated carbocycles. The van der Waals surface area contributed by atoms with Crippen LogP contribution in [0.25, 0.3) is 0 Å². The molecule has 1 saturated heterocycles. The van der Waals surface area contributed by atoms with Gasteiger partial charge in [-0.1, -0.05) is 36.5 Å². The number of rotatable bonds is 3. The minimum absolute atomic E-state index is 0.0377. The summed E-state index contributed by atoms with van der Waals surface area (Å²) in [6.07, 6.45) is 16.9. The zero-order valence-electron chi connectivity index (χ0n) is 17.7. The van der Waals surface area contributed by atoms with Gasteiger partial charge in [0.1, 0.15) is 6.04 Å². The second kappa shape index (κ2) is 8.55. The van der Waals surface area contributed by atoms with Crippen LogP contribution in [0.4, 0.5) is 11.4 Å². The van der Waals surface area contributed by atoms with E-state index in [9.17, 15) is 9.59 Å². The largest absolute Gasteiger partial charge is 0.337 e. The molecule has 0 aromatic heterocycles. The predicted octanol–water partition coefficient (Wildman–Crippen LogP) is 3.00. The van der Waals surface area contributed by atoms with Crippen molar-refractivity contribution < 1.29 is 9.59 Å². The molecule has 3 heterocycles. The fourth-order valence-electron chi connectivity index (χ4n) is 4.70. The fourth-order valence-corrected chi connectivity index (χ4v) is 4.70. The Labute approximate surface area is 183 Å². The molecule has 4 aliphatic rings. The Morgan fingerprint density at radius 1 is 1.10 bits per heavy atom. The van der Waals surface area contributed by atoms with Crippen molar-refractivity contribution in [1.82, 2.24) is 10.2 Å². The van der Waals surface area contributed by atoms with Crippen LogP contribution in [0.3, 0.4) is 0 Å². The van der Waals surface area contributed by atoms with Crippen LogP contribution in [0.15, 0.2) is 66.4 Å². The van der Waals surface area contributed by atoms with Crippen LogP contribution < -0.4 is 15.1 Å². The quantitative estimate of drug-likeness (QED) is 0.823. The maximum absolute atomic E-state index is 13.4. The first kappa shape index (κ1) is 19.8. The minimum Gasteiger partial charge on any atom is -0.337 e. The van der Waals surface area contributed by atoms with E-state index in [0.29, 0.717) is 25.1 Å². The summed E-state index contributed by atoms with van der Waals surface area (Å²) in [6, 6.07) is 5.62. The first-order valence-electron chi connectivity index (χ1n) is 11.1. The average Bonchev–Trinajstić information content (AvgIpc) is 2.97. The lowest BCUT2D eigenvalue weighted by Crippen LogP contribution is -2.50. The fraction of sp³-hybridized carbons (Fsp3) is 0.360. The van der Waals surface area contributed by atoms with Crippen LogP contribution in [0.2, 0.25) is 0 Å². The van der Waals surface area contributed by atoms with Gasteiger partial charge >= 0.3 is 0 Å². The predicted molar refractivity (Wildman–Crippen MR) is 123 cm³/mol. The number of hydrogen-bond donors (Lipinski definition) is 1. The Morgan fingerprint density at radius 3 is 2.97 bits per heavy atom. The van der Waals surface area contributed by atoms with Gasteiger partial charge in [-0.2, -0.15) is 0 Å². The van der Waals surface area contributed by atoms with Gasteiger partial charge in [0, 0.05) is 31.4 Å². The van der Waals surface area contributed by atoms with Crippen molar-refractivity contribution >= 4 is 23.2 Å². The van der Waals surface area contributed by atoms with Gasteiger partial charge in [0.2, 0.25) is 0 Å². The molecule has 1 aromatic rings. The highest BCUT2D eigenvalue weighted by Crippen LogP contribution is 2.40. The summed E-state index contributed by atoms with van der Waals surface area (Å²) < 4.78 is 0. The van der Waals surface area contributed by atoms with E-state index in [-0.39, 0.29) is 17.9 Å². The molecule has 1 aliphatic carbocycles. The van der Waals surface area contributed by atoms with Gasteiger partial charge in [0.25, 0.3) is 11.8 Å². The van der Waals surface area contributed by atoms with Crippen molar-refractivity contribution in [2.45, 2.75) is 25.3 Å². The molecule has 31 heavy (non-hydrogen) atoms. The zero-order valence-corrected chi connectivity index (χ0v) is 17.7. The van der Waals surface area contributed by atoms with Crippen LogP contribution in [-0.4, -0.2) is 55.5 Å². The maximum Gasteiger partial charge on any atom is 0.253 e. The molecule has 5 rings (SSSR count). The van der Waals surface area contributed by atoms with E-state index >= 15 is 0 Å². The van der Waals surface area contributed by atoms with E-state index < -0.39 is 0 Å². The van der Waals surface area contributed by atoms with Gasteiger partial charge in [-0.3, -0.25) is 9.59 Å². The van der Waals surface area contributed by atoms with Gasteiger partial charge in [-0.15, -0.1) is 0 Å². The number of nitrogens with one attached hydrogen (secondary N) is 1. The normalized spacial score (nSPS) is 22.7. The number of fused-ring (bicyclic) bond motifs is 3. The summed E-state index contributed by atoms with van der Waals surface area (Å²) >= 11 is 0. The number of amides is 2. The van der Waals surface area contributed by atoms with E-state index in [1.807, 2.05) is 52.4 Å². The molecule has 1 atom stereocenters. The van der Waals surface area contributed by atoms with E-state index in [1.165, 1.54) is 0 Å². The summed E-state index contributed by atoms with van der Waals surface area (Å²) in [6.45, 7) is 3.74. The number of benzene rings is 1. The minimum atomic E-state index is -0.195. The summed E-state index contributed by atoms with van der Waals surface area (Å²) in [4.78, 5) is 32.5. The van der Waals surface area contributed by atoms with Crippen molar-refractivity contribution in [3.05, 3.63) is 72.0 Å². The highest BCUT2D eigenvalue weighted by atomic mass is 16.2. The Bertz CT molecular complexity index is 999. The molecular weight excluding hydrogens is 388 g/mol. The number of nitrogens with zero attached hydrogens (tertiary/aromatic N) is 3. The molecule has 0 bridgehead atoms. The Kier molecular flexibility index (Phi) is 5.47. The SMILES string of the molecule is O=C(c1ccc2c(c1)N(CC1=CCC=CC=C1)C(=O)C1CC=CN21)N1CCCNCC1. The second-order valence-electron chi connectivity index (χ2n) is 8.37. The second-order valence-corrected chi connectivity index (χ2v) is 8.37. The molecule has 3 aliphatic heterocycles. The van der Waals surface area contributed by atoms with Gasteiger partial charge in [0.15, 0.2) is 0 Å². The van der Waals surface area contributed by atoms with Crippen LogP contribution >= 0.6 is 0 Å². The molecule has 1 N–H and O–H groups in total. The standard InChI is InChI=1S/C25H28N4O2/c30-24(27-14-6-12-26-13-16-27)20-10-11-21-23(17-20)29(18-19-7-3-1-2-4-8-19)25(31)22-9-5-15-28(21)22/h1-3,5,7-8,10-11,15,17,22,26H,4,6,9,12-14,16,18H2. The Hall–Kier alpha value is -3.12. The van der Waals surface area contributed by atoms with E-state index in [1.54, 1.807) is 0 Å². The highest BCUT2D eigenvalue weighted by Gasteiger charge is 2.39. The molecule has 6 nitrogen and oxygen atoms in total.